The van der Waals surface area contributed by atoms with E-state index in [9.17, 15) is 9.65 Å². The first-order valence-corrected chi connectivity index (χ1v) is 9.41. The van der Waals surface area contributed by atoms with E-state index in [1.807, 2.05) is 6.92 Å². The molecule has 0 radical (unpaired) electrons. The number of dihydropyridines is 1. The number of fused-ring (bicyclic) bond motifs is 1. The largest absolute Gasteiger partial charge is 0.385 e. The Morgan fingerprint density at radius 1 is 1.36 bits per heavy atom. The van der Waals surface area contributed by atoms with Crippen molar-refractivity contribution < 1.29 is 4.39 Å². The van der Waals surface area contributed by atoms with E-state index in [0.29, 0.717) is 11.5 Å². The van der Waals surface area contributed by atoms with Gasteiger partial charge in [-0.1, -0.05) is 0 Å². The number of nitrogens with zero attached hydrogens (tertiary/aromatic N) is 1. The number of nitrogens with one attached hydrogen (secondary N) is 1. The lowest BCUT2D eigenvalue weighted by Gasteiger charge is -2.30. The average Bonchev–Trinajstić information content (AvgIpc) is 3.31. The summed E-state index contributed by atoms with van der Waals surface area (Å²) < 4.78 is 14.9. The van der Waals surface area contributed by atoms with Crippen LogP contribution in [0.4, 0.5) is 4.39 Å². The van der Waals surface area contributed by atoms with Gasteiger partial charge < -0.3 is 11.1 Å². The average molecular weight is 353 g/mol. The van der Waals surface area contributed by atoms with Crippen LogP contribution in [-0.2, 0) is 0 Å². The SMILES string of the molecule is CC1=C(C)C(c2csc3c(C#N)cc(F)cc23)C(CC2CC2)=C(N)N1. The first-order chi connectivity index (χ1) is 12.0. The van der Waals surface area contributed by atoms with Crippen LogP contribution in [-0.4, -0.2) is 0 Å². The molecule has 1 aliphatic heterocycles. The number of allylic oxidation sites excluding steroid dienone is 3. The lowest BCUT2D eigenvalue weighted by Crippen LogP contribution is -2.29. The molecule has 2 aliphatic rings. The monoisotopic (exact) mass is 353 g/mol. The predicted octanol–water partition coefficient (Wildman–Crippen LogP) is 4.86. The summed E-state index contributed by atoms with van der Waals surface area (Å²) in [6.45, 7) is 4.14. The van der Waals surface area contributed by atoms with Gasteiger partial charge in [0.25, 0.3) is 0 Å². The lowest BCUT2D eigenvalue weighted by molar-refractivity contribution is 0.629. The number of hydrogen-bond acceptors (Lipinski definition) is 4. The number of nitriles is 1. The molecular formula is C20H20FN3S. The minimum Gasteiger partial charge on any atom is -0.385 e. The summed E-state index contributed by atoms with van der Waals surface area (Å²) in [5.41, 5.74) is 11.3. The van der Waals surface area contributed by atoms with E-state index in [1.165, 1.54) is 41.4 Å². The van der Waals surface area contributed by atoms with Crippen LogP contribution in [0.1, 0.15) is 50.2 Å². The molecule has 4 rings (SSSR count). The Hall–Kier alpha value is -2.32. The van der Waals surface area contributed by atoms with E-state index in [2.05, 4.69) is 23.7 Å². The summed E-state index contributed by atoms with van der Waals surface area (Å²) in [4.78, 5) is 0. The van der Waals surface area contributed by atoms with Crippen molar-refractivity contribution in [2.75, 3.05) is 0 Å². The quantitative estimate of drug-likeness (QED) is 0.828. The van der Waals surface area contributed by atoms with E-state index in [1.54, 1.807) is 6.07 Å². The van der Waals surface area contributed by atoms with Crippen molar-refractivity contribution in [3.63, 3.8) is 0 Å². The van der Waals surface area contributed by atoms with Crippen molar-refractivity contribution in [3.8, 4) is 6.07 Å². The van der Waals surface area contributed by atoms with Gasteiger partial charge in [0.1, 0.15) is 17.7 Å². The summed E-state index contributed by atoms with van der Waals surface area (Å²) >= 11 is 1.51. The Morgan fingerprint density at radius 2 is 2.12 bits per heavy atom. The molecule has 3 nitrogen and oxygen atoms in total. The highest BCUT2D eigenvalue weighted by Gasteiger charge is 2.33. The number of halogens is 1. The second-order valence-corrected chi connectivity index (χ2v) is 7.96. The Morgan fingerprint density at radius 3 is 2.80 bits per heavy atom. The Balaban J connectivity index is 1.91. The van der Waals surface area contributed by atoms with E-state index in [-0.39, 0.29) is 11.7 Å². The first kappa shape index (κ1) is 16.2. The third kappa shape index (κ3) is 2.71. The van der Waals surface area contributed by atoms with Crippen molar-refractivity contribution in [1.82, 2.24) is 5.32 Å². The second kappa shape index (κ2) is 5.89. The molecular weight excluding hydrogens is 333 g/mol. The van der Waals surface area contributed by atoms with Crippen molar-refractivity contribution in [2.24, 2.45) is 11.7 Å². The summed E-state index contributed by atoms with van der Waals surface area (Å²) in [6, 6.07) is 4.99. The highest BCUT2D eigenvalue weighted by Crippen LogP contribution is 2.47. The number of benzene rings is 1. The van der Waals surface area contributed by atoms with Gasteiger partial charge in [0.05, 0.1) is 10.3 Å². The zero-order chi connectivity index (χ0) is 17.7. The zero-order valence-corrected chi connectivity index (χ0v) is 15.1. The molecule has 0 saturated heterocycles. The highest BCUT2D eigenvalue weighted by atomic mass is 32.1. The van der Waals surface area contributed by atoms with Crippen molar-refractivity contribution in [2.45, 2.75) is 39.0 Å². The van der Waals surface area contributed by atoms with Gasteiger partial charge in [-0.25, -0.2) is 4.39 Å². The molecule has 0 bridgehead atoms. The molecule has 128 valence electrons. The molecule has 1 aromatic carbocycles. The summed E-state index contributed by atoms with van der Waals surface area (Å²) in [7, 11) is 0. The molecule has 25 heavy (non-hydrogen) atoms. The molecule has 0 spiro atoms. The van der Waals surface area contributed by atoms with Gasteiger partial charge in [-0.2, -0.15) is 5.26 Å². The van der Waals surface area contributed by atoms with Crippen LogP contribution in [0.15, 0.2) is 40.2 Å². The van der Waals surface area contributed by atoms with Gasteiger partial charge >= 0.3 is 0 Å². The topological polar surface area (TPSA) is 61.8 Å². The Labute approximate surface area is 150 Å². The zero-order valence-electron chi connectivity index (χ0n) is 14.3. The number of hydrogen-bond donors (Lipinski definition) is 2. The molecule has 2 aromatic rings. The first-order valence-electron chi connectivity index (χ1n) is 8.53. The van der Waals surface area contributed by atoms with Gasteiger partial charge in [-0.15, -0.1) is 11.3 Å². The standard InChI is InChI=1S/C20H20FN3S/c1-10-11(2)24-20(23)16(5-12-3-4-12)18(10)17-9-25-19-13(8-22)6-14(21)7-15(17)19/h6-7,9,12,18,24H,3-5,23H2,1-2H3. The van der Waals surface area contributed by atoms with Crippen LogP contribution in [0.3, 0.4) is 0 Å². The summed E-state index contributed by atoms with van der Waals surface area (Å²) in [6.07, 6.45) is 3.48. The smallest absolute Gasteiger partial charge is 0.125 e. The van der Waals surface area contributed by atoms with Crippen LogP contribution >= 0.6 is 11.3 Å². The maximum atomic E-state index is 14.1. The number of thiophene rings is 1. The van der Waals surface area contributed by atoms with Crippen LogP contribution < -0.4 is 11.1 Å². The van der Waals surface area contributed by atoms with Crippen LogP contribution in [0.5, 0.6) is 0 Å². The molecule has 1 atom stereocenters. The van der Waals surface area contributed by atoms with Gasteiger partial charge in [0.15, 0.2) is 0 Å². The lowest BCUT2D eigenvalue weighted by atomic mass is 9.80. The second-order valence-electron chi connectivity index (χ2n) is 7.09. The molecule has 1 saturated carbocycles. The molecule has 5 heteroatoms. The maximum absolute atomic E-state index is 14.1. The van der Waals surface area contributed by atoms with Gasteiger partial charge in [0.2, 0.25) is 0 Å². The van der Waals surface area contributed by atoms with E-state index < -0.39 is 0 Å². The minimum absolute atomic E-state index is 0.0592. The number of rotatable bonds is 3. The fourth-order valence-corrected chi connectivity index (χ4v) is 4.77. The van der Waals surface area contributed by atoms with Crippen LogP contribution in [0.25, 0.3) is 10.1 Å². The molecule has 0 amide bonds. The number of nitrogens with two attached hydrogens (primary N) is 1. The Kier molecular flexibility index (Phi) is 3.81. The van der Waals surface area contributed by atoms with Gasteiger partial charge in [-0.05, 0) is 73.3 Å². The maximum Gasteiger partial charge on any atom is 0.125 e. The third-order valence-corrected chi connectivity index (χ3v) is 6.39. The molecule has 2 heterocycles. The van der Waals surface area contributed by atoms with Crippen molar-refractivity contribution in [3.05, 3.63) is 57.1 Å². The van der Waals surface area contributed by atoms with E-state index >= 15 is 0 Å². The fraction of sp³-hybridized carbons (Fsp3) is 0.350. The fourth-order valence-electron chi connectivity index (χ4n) is 3.72. The van der Waals surface area contributed by atoms with E-state index in [4.69, 9.17) is 5.73 Å². The molecule has 1 unspecified atom stereocenters. The van der Waals surface area contributed by atoms with E-state index in [0.717, 1.165) is 33.6 Å². The van der Waals surface area contributed by atoms with Crippen LogP contribution in [0.2, 0.25) is 0 Å². The van der Waals surface area contributed by atoms with Gasteiger partial charge in [0, 0.05) is 17.0 Å². The van der Waals surface area contributed by atoms with Crippen molar-refractivity contribution >= 4 is 21.4 Å². The minimum atomic E-state index is -0.364. The summed E-state index contributed by atoms with van der Waals surface area (Å²) in [5.74, 6) is 1.14. The Bertz CT molecular complexity index is 973. The summed E-state index contributed by atoms with van der Waals surface area (Å²) in [5, 5.41) is 15.5. The van der Waals surface area contributed by atoms with Crippen molar-refractivity contribution in [1.29, 1.82) is 5.26 Å². The molecule has 1 aliphatic carbocycles. The molecule has 3 N–H and O–H groups in total. The highest BCUT2D eigenvalue weighted by molar-refractivity contribution is 7.17. The van der Waals surface area contributed by atoms with Crippen LogP contribution in [0, 0.1) is 23.1 Å². The van der Waals surface area contributed by atoms with Gasteiger partial charge in [-0.3, -0.25) is 0 Å². The molecule has 1 fully saturated rings. The third-order valence-electron chi connectivity index (χ3n) is 5.35. The normalized spacial score (nSPS) is 20.8. The molecule has 1 aromatic heterocycles. The predicted molar refractivity (Wildman–Crippen MR) is 99.3 cm³/mol.